The maximum Gasteiger partial charge on any atom is 0.335 e. The number of aromatic carboxylic acids is 1. The highest BCUT2D eigenvalue weighted by Gasteiger charge is 2.03. The van der Waals surface area contributed by atoms with Gasteiger partial charge in [0.2, 0.25) is 0 Å². The molecule has 19 heavy (non-hydrogen) atoms. The van der Waals surface area contributed by atoms with Crippen LogP contribution < -0.4 is 10.6 Å². The first-order valence-corrected chi connectivity index (χ1v) is 6.03. The van der Waals surface area contributed by atoms with Gasteiger partial charge in [-0.25, -0.2) is 9.59 Å². The van der Waals surface area contributed by atoms with Crippen molar-refractivity contribution in [1.82, 2.24) is 10.6 Å². The number of urea groups is 1. The molecular formula is C13H17FN2O3. The van der Waals surface area contributed by atoms with Crippen molar-refractivity contribution in [1.29, 1.82) is 0 Å². The molecule has 1 aromatic carbocycles. The largest absolute Gasteiger partial charge is 0.478 e. The summed E-state index contributed by atoms with van der Waals surface area (Å²) < 4.78 is 11.8. The van der Waals surface area contributed by atoms with Crippen molar-refractivity contribution in [2.45, 2.75) is 19.4 Å². The third kappa shape index (κ3) is 5.85. The SMILES string of the molecule is O=C(NCCCCF)NCc1ccc(C(=O)O)cc1. The molecule has 1 aromatic rings. The van der Waals surface area contributed by atoms with E-state index < -0.39 is 5.97 Å². The molecule has 0 bridgehead atoms. The number of carbonyl (C=O) groups excluding carboxylic acids is 1. The molecule has 0 fully saturated rings. The van der Waals surface area contributed by atoms with Gasteiger partial charge < -0.3 is 15.7 Å². The van der Waals surface area contributed by atoms with Gasteiger partial charge in [-0.05, 0) is 30.5 Å². The van der Waals surface area contributed by atoms with Crippen LogP contribution in [0.5, 0.6) is 0 Å². The van der Waals surface area contributed by atoms with Crippen LogP contribution in [-0.4, -0.2) is 30.3 Å². The normalized spacial score (nSPS) is 9.95. The van der Waals surface area contributed by atoms with Gasteiger partial charge in [0.05, 0.1) is 12.2 Å². The highest BCUT2D eigenvalue weighted by atomic mass is 19.1. The summed E-state index contributed by atoms with van der Waals surface area (Å²) in [5, 5.41) is 14.0. The Labute approximate surface area is 110 Å². The van der Waals surface area contributed by atoms with Crippen molar-refractivity contribution in [3.8, 4) is 0 Å². The second-order valence-corrected chi connectivity index (χ2v) is 4.01. The maximum absolute atomic E-state index is 11.8. The molecule has 0 saturated carbocycles. The Morgan fingerprint density at radius 1 is 1.11 bits per heavy atom. The molecule has 0 aromatic heterocycles. The summed E-state index contributed by atoms with van der Waals surface area (Å²) in [5.41, 5.74) is 1.02. The lowest BCUT2D eigenvalue weighted by atomic mass is 10.1. The van der Waals surface area contributed by atoms with Crippen LogP contribution in [0.15, 0.2) is 24.3 Å². The number of carboxylic acid groups (broad SMARTS) is 1. The zero-order chi connectivity index (χ0) is 14.1. The van der Waals surface area contributed by atoms with Gasteiger partial charge in [-0.15, -0.1) is 0 Å². The summed E-state index contributed by atoms with van der Waals surface area (Å²) >= 11 is 0. The van der Waals surface area contributed by atoms with Gasteiger partial charge in [0.1, 0.15) is 0 Å². The zero-order valence-electron chi connectivity index (χ0n) is 10.5. The summed E-state index contributed by atoms with van der Waals surface area (Å²) in [6.45, 7) is 0.377. The van der Waals surface area contributed by atoms with Crippen molar-refractivity contribution < 1.29 is 19.1 Å². The van der Waals surface area contributed by atoms with E-state index in [1.165, 1.54) is 12.1 Å². The van der Waals surface area contributed by atoms with Crippen LogP contribution in [0.25, 0.3) is 0 Å². The maximum atomic E-state index is 11.8. The molecule has 5 nitrogen and oxygen atoms in total. The van der Waals surface area contributed by atoms with E-state index in [1.807, 2.05) is 0 Å². The molecule has 0 radical (unpaired) electrons. The number of rotatable bonds is 7. The number of benzene rings is 1. The number of unbranched alkanes of at least 4 members (excludes halogenated alkanes) is 1. The Morgan fingerprint density at radius 3 is 2.37 bits per heavy atom. The average molecular weight is 268 g/mol. The number of amides is 2. The highest BCUT2D eigenvalue weighted by Crippen LogP contribution is 2.04. The summed E-state index contributed by atoms with van der Waals surface area (Å²) in [6, 6.07) is 5.94. The molecule has 0 aliphatic heterocycles. The van der Waals surface area contributed by atoms with Gasteiger partial charge in [-0.2, -0.15) is 0 Å². The lowest BCUT2D eigenvalue weighted by molar-refractivity contribution is 0.0697. The monoisotopic (exact) mass is 268 g/mol. The quantitative estimate of drug-likeness (QED) is 0.661. The van der Waals surface area contributed by atoms with Crippen molar-refractivity contribution in [3.05, 3.63) is 35.4 Å². The van der Waals surface area contributed by atoms with Gasteiger partial charge in [0.15, 0.2) is 0 Å². The fourth-order valence-electron chi connectivity index (χ4n) is 1.43. The molecule has 2 amide bonds. The summed E-state index contributed by atoms with van der Waals surface area (Å²) in [4.78, 5) is 22.0. The van der Waals surface area contributed by atoms with E-state index in [2.05, 4.69) is 10.6 Å². The molecular weight excluding hydrogens is 251 g/mol. The Kier molecular flexibility index (Phi) is 6.35. The number of alkyl halides is 1. The van der Waals surface area contributed by atoms with E-state index >= 15 is 0 Å². The molecule has 0 heterocycles. The third-order valence-corrected chi connectivity index (χ3v) is 2.50. The second-order valence-electron chi connectivity index (χ2n) is 4.01. The molecule has 0 aliphatic rings. The van der Waals surface area contributed by atoms with Crippen molar-refractivity contribution >= 4 is 12.0 Å². The Bertz CT molecular complexity index is 420. The molecule has 0 aliphatic carbocycles. The van der Waals surface area contributed by atoms with Gasteiger partial charge in [-0.1, -0.05) is 12.1 Å². The summed E-state index contributed by atoms with van der Waals surface area (Å²) in [7, 11) is 0. The number of carboxylic acids is 1. The molecule has 0 atom stereocenters. The number of nitrogens with one attached hydrogen (secondary N) is 2. The van der Waals surface area contributed by atoms with Crippen molar-refractivity contribution in [2.24, 2.45) is 0 Å². The van der Waals surface area contributed by atoms with Crippen LogP contribution in [0.1, 0.15) is 28.8 Å². The van der Waals surface area contributed by atoms with E-state index in [0.717, 1.165) is 5.56 Å². The van der Waals surface area contributed by atoms with Gasteiger partial charge >= 0.3 is 12.0 Å². The first-order valence-electron chi connectivity index (χ1n) is 6.03. The molecule has 0 spiro atoms. The molecule has 0 saturated heterocycles. The number of hydrogen-bond donors (Lipinski definition) is 3. The zero-order valence-corrected chi connectivity index (χ0v) is 10.5. The smallest absolute Gasteiger partial charge is 0.335 e. The first kappa shape index (κ1) is 14.9. The summed E-state index contributed by atoms with van der Waals surface area (Å²) in [6.07, 6.45) is 1.05. The van der Waals surface area contributed by atoms with E-state index in [1.54, 1.807) is 12.1 Å². The molecule has 3 N–H and O–H groups in total. The fourth-order valence-corrected chi connectivity index (χ4v) is 1.43. The minimum Gasteiger partial charge on any atom is -0.478 e. The van der Waals surface area contributed by atoms with E-state index in [4.69, 9.17) is 5.11 Å². The predicted octanol–water partition coefficient (Wildman–Crippen LogP) is 1.93. The number of hydrogen-bond acceptors (Lipinski definition) is 2. The van der Waals surface area contributed by atoms with E-state index in [0.29, 0.717) is 25.9 Å². The fraction of sp³-hybridized carbons (Fsp3) is 0.385. The first-order chi connectivity index (χ1) is 9.13. The van der Waals surface area contributed by atoms with E-state index in [9.17, 15) is 14.0 Å². The third-order valence-electron chi connectivity index (χ3n) is 2.50. The van der Waals surface area contributed by atoms with Crippen LogP contribution in [0.4, 0.5) is 9.18 Å². The Morgan fingerprint density at radius 2 is 1.79 bits per heavy atom. The average Bonchev–Trinajstić information content (AvgIpc) is 2.42. The van der Waals surface area contributed by atoms with Crippen LogP contribution in [0.2, 0.25) is 0 Å². The van der Waals surface area contributed by atoms with Crippen molar-refractivity contribution in [3.63, 3.8) is 0 Å². The Balaban J connectivity index is 2.28. The molecule has 1 rings (SSSR count). The Hall–Kier alpha value is -2.11. The topological polar surface area (TPSA) is 78.4 Å². The number of carbonyl (C=O) groups is 2. The minimum absolute atomic E-state index is 0.208. The lowest BCUT2D eigenvalue weighted by Gasteiger charge is -2.07. The van der Waals surface area contributed by atoms with Gasteiger partial charge in [0, 0.05) is 13.1 Å². The lowest BCUT2D eigenvalue weighted by Crippen LogP contribution is -2.35. The predicted molar refractivity (Wildman–Crippen MR) is 68.8 cm³/mol. The minimum atomic E-state index is -0.981. The van der Waals surface area contributed by atoms with Crippen LogP contribution >= 0.6 is 0 Å². The van der Waals surface area contributed by atoms with Crippen LogP contribution in [0, 0.1) is 0 Å². The van der Waals surface area contributed by atoms with Gasteiger partial charge in [-0.3, -0.25) is 4.39 Å². The summed E-state index contributed by atoms with van der Waals surface area (Å²) in [5.74, 6) is -0.981. The molecule has 104 valence electrons. The molecule has 6 heteroatoms. The highest BCUT2D eigenvalue weighted by molar-refractivity contribution is 5.87. The van der Waals surface area contributed by atoms with Crippen LogP contribution in [-0.2, 0) is 6.54 Å². The van der Waals surface area contributed by atoms with Crippen molar-refractivity contribution in [2.75, 3.05) is 13.2 Å². The van der Waals surface area contributed by atoms with Gasteiger partial charge in [0.25, 0.3) is 0 Å². The standard InChI is InChI=1S/C13H17FN2O3/c14-7-1-2-8-15-13(19)16-9-10-3-5-11(6-4-10)12(17)18/h3-6H,1-2,7-9H2,(H,17,18)(H2,15,16,19). The van der Waals surface area contributed by atoms with E-state index in [-0.39, 0.29) is 18.3 Å². The number of halogens is 1. The van der Waals surface area contributed by atoms with Crippen LogP contribution in [0.3, 0.4) is 0 Å². The second kappa shape index (κ2) is 8.07. The molecule has 0 unspecified atom stereocenters.